The number of fused-ring (bicyclic) bond motifs is 4. The molecule has 0 radical (unpaired) electrons. The lowest BCUT2D eigenvalue weighted by atomic mass is 9.66. The molecule has 0 bridgehead atoms. The van der Waals surface area contributed by atoms with Crippen molar-refractivity contribution in [3.63, 3.8) is 0 Å². The average molecular weight is 599 g/mol. The first kappa shape index (κ1) is 27.2. The second kappa shape index (κ2) is 11.0. The third-order valence-corrected chi connectivity index (χ3v) is 9.67. The van der Waals surface area contributed by atoms with E-state index in [-0.39, 0.29) is 0 Å². The topological polar surface area (TPSA) is 25.8 Å². The average Bonchev–Trinajstić information content (AvgIpc) is 3.47. The van der Waals surface area contributed by atoms with Crippen molar-refractivity contribution in [2.45, 2.75) is 5.41 Å². The molecule has 0 aliphatic heterocycles. The van der Waals surface area contributed by atoms with E-state index in [9.17, 15) is 0 Å². The van der Waals surface area contributed by atoms with Crippen LogP contribution in [0, 0.1) is 0 Å². The molecule has 0 atom stereocenters. The molecule has 0 unspecified atom stereocenters. The summed E-state index contributed by atoms with van der Waals surface area (Å²) >= 11 is 0. The fraction of sp³-hybridized carbons (Fsp3) is 0.0222. The molecule has 8 aromatic rings. The van der Waals surface area contributed by atoms with Crippen molar-refractivity contribution in [2.75, 3.05) is 0 Å². The van der Waals surface area contributed by atoms with Crippen LogP contribution in [0.15, 0.2) is 182 Å². The van der Waals surface area contributed by atoms with Gasteiger partial charge in [-0.1, -0.05) is 146 Å². The zero-order valence-corrected chi connectivity index (χ0v) is 25.7. The summed E-state index contributed by atoms with van der Waals surface area (Å²) < 4.78 is 0. The minimum absolute atomic E-state index is 0.535. The van der Waals surface area contributed by atoms with Gasteiger partial charge in [0, 0.05) is 23.3 Å². The number of benzene rings is 6. The van der Waals surface area contributed by atoms with Crippen molar-refractivity contribution in [2.24, 2.45) is 0 Å². The normalized spacial score (nSPS) is 12.9. The van der Waals surface area contributed by atoms with Crippen LogP contribution in [0.1, 0.15) is 22.3 Å². The third-order valence-electron chi connectivity index (χ3n) is 9.67. The Morgan fingerprint density at radius 3 is 1.79 bits per heavy atom. The Bertz CT molecular complexity index is 2340. The monoisotopic (exact) mass is 598 g/mol. The highest BCUT2D eigenvalue weighted by Gasteiger charge is 2.48. The smallest absolute Gasteiger partial charge is 0.0719 e. The highest BCUT2D eigenvalue weighted by atomic mass is 14.7. The van der Waals surface area contributed by atoms with Crippen molar-refractivity contribution >= 4 is 10.9 Å². The van der Waals surface area contributed by atoms with Gasteiger partial charge in [-0.3, -0.25) is 9.97 Å². The fourth-order valence-electron chi connectivity index (χ4n) is 7.65. The molecule has 2 heteroatoms. The molecule has 1 aliphatic rings. The number of rotatable bonds is 5. The highest BCUT2D eigenvalue weighted by Crippen LogP contribution is 2.60. The Morgan fingerprint density at radius 1 is 0.404 bits per heavy atom. The predicted octanol–water partition coefficient (Wildman–Crippen LogP) is 11.0. The van der Waals surface area contributed by atoms with E-state index >= 15 is 0 Å². The fourth-order valence-corrected chi connectivity index (χ4v) is 7.65. The second-order valence-corrected chi connectivity index (χ2v) is 12.1. The molecule has 6 aromatic carbocycles. The van der Waals surface area contributed by atoms with E-state index in [1.54, 1.807) is 0 Å². The zero-order valence-electron chi connectivity index (χ0n) is 25.7. The SMILES string of the molecule is c1ccc(C2(c3ccccc3)c3ccccc3-c3c(-c4ccc(-c5ccccn5)cc4)ccc(-c4ccc5cccnc5c4)c32)cc1. The molecule has 0 saturated carbocycles. The van der Waals surface area contributed by atoms with Crippen LogP contribution in [-0.4, -0.2) is 9.97 Å². The van der Waals surface area contributed by atoms with Gasteiger partial charge in [0.05, 0.1) is 16.6 Å². The van der Waals surface area contributed by atoms with Crippen LogP contribution in [0.2, 0.25) is 0 Å². The number of aromatic nitrogens is 2. The van der Waals surface area contributed by atoms with E-state index in [1.165, 1.54) is 50.1 Å². The van der Waals surface area contributed by atoms with Crippen LogP contribution in [0.25, 0.3) is 55.5 Å². The van der Waals surface area contributed by atoms with Gasteiger partial charge < -0.3 is 0 Å². The molecule has 220 valence electrons. The van der Waals surface area contributed by atoms with Gasteiger partial charge >= 0.3 is 0 Å². The van der Waals surface area contributed by atoms with Gasteiger partial charge in [0.1, 0.15) is 0 Å². The molecule has 2 nitrogen and oxygen atoms in total. The highest BCUT2D eigenvalue weighted by molar-refractivity contribution is 6.00. The number of hydrogen-bond donors (Lipinski definition) is 0. The summed E-state index contributed by atoms with van der Waals surface area (Å²) in [6, 6.07) is 61.4. The summed E-state index contributed by atoms with van der Waals surface area (Å²) in [4.78, 5) is 9.33. The molecule has 0 spiro atoms. The minimum atomic E-state index is -0.535. The quantitative estimate of drug-likeness (QED) is 0.197. The van der Waals surface area contributed by atoms with Crippen molar-refractivity contribution in [1.82, 2.24) is 9.97 Å². The van der Waals surface area contributed by atoms with E-state index < -0.39 is 5.41 Å². The Labute approximate surface area is 274 Å². The van der Waals surface area contributed by atoms with E-state index in [0.717, 1.165) is 27.7 Å². The van der Waals surface area contributed by atoms with Crippen LogP contribution < -0.4 is 0 Å². The molecule has 0 amide bonds. The van der Waals surface area contributed by atoms with Gasteiger partial charge in [-0.15, -0.1) is 0 Å². The van der Waals surface area contributed by atoms with E-state index in [4.69, 9.17) is 4.98 Å². The lowest BCUT2D eigenvalue weighted by Gasteiger charge is -2.35. The van der Waals surface area contributed by atoms with Gasteiger partial charge in [-0.05, 0) is 79.9 Å². The molecular formula is C45H30N2. The molecule has 0 saturated heterocycles. The van der Waals surface area contributed by atoms with Crippen LogP contribution in [0.3, 0.4) is 0 Å². The second-order valence-electron chi connectivity index (χ2n) is 12.1. The van der Waals surface area contributed by atoms with Gasteiger partial charge in [0.25, 0.3) is 0 Å². The van der Waals surface area contributed by atoms with Crippen LogP contribution in [0.5, 0.6) is 0 Å². The third kappa shape index (κ3) is 4.26. The van der Waals surface area contributed by atoms with Crippen molar-refractivity contribution in [1.29, 1.82) is 0 Å². The van der Waals surface area contributed by atoms with Crippen LogP contribution in [0.4, 0.5) is 0 Å². The summed E-state index contributed by atoms with van der Waals surface area (Å²) in [5.41, 5.74) is 15.0. The number of hydrogen-bond acceptors (Lipinski definition) is 2. The van der Waals surface area contributed by atoms with Gasteiger partial charge in [0.15, 0.2) is 0 Å². The lowest BCUT2D eigenvalue weighted by molar-refractivity contribution is 0.770. The maximum atomic E-state index is 4.75. The maximum absolute atomic E-state index is 4.75. The molecule has 2 aromatic heterocycles. The first-order chi connectivity index (χ1) is 23.3. The first-order valence-corrected chi connectivity index (χ1v) is 16.1. The van der Waals surface area contributed by atoms with Crippen LogP contribution >= 0.6 is 0 Å². The van der Waals surface area contributed by atoms with E-state index in [1.807, 2.05) is 30.6 Å². The standard InChI is InChI=1S/C45H30N2/c1-3-13-35(14-4-1)45(36-15-5-2-6-16-36)40-18-8-7-17-39(40)43-37(31-20-22-33(23-21-31)41-19-9-10-28-46-41)26-27-38(44(43)45)34-25-24-32-12-11-29-47-42(32)30-34/h1-30H. The summed E-state index contributed by atoms with van der Waals surface area (Å²) in [6.07, 6.45) is 3.73. The first-order valence-electron chi connectivity index (χ1n) is 16.1. The lowest BCUT2D eigenvalue weighted by Crippen LogP contribution is -2.29. The van der Waals surface area contributed by atoms with E-state index in [2.05, 4.69) is 157 Å². The van der Waals surface area contributed by atoms with Gasteiger partial charge in [-0.25, -0.2) is 0 Å². The molecule has 0 N–H and O–H groups in total. The Morgan fingerprint density at radius 2 is 1.04 bits per heavy atom. The number of pyridine rings is 2. The van der Waals surface area contributed by atoms with E-state index in [0.29, 0.717) is 0 Å². The van der Waals surface area contributed by atoms with Crippen molar-refractivity contribution in [3.05, 3.63) is 205 Å². The Hall–Kier alpha value is -6.12. The van der Waals surface area contributed by atoms with Gasteiger partial charge in [-0.2, -0.15) is 0 Å². The summed E-state index contributed by atoms with van der Waals surface area (Å²) in [5, 5.41) is 1.14. The number of nitrogens with zero attached hydrogens (tertiary/aromatic N) is 2. The molecule has 2 heterocycles. The summed E-state index contributed by atoms with van der Waals surface area (Å²) in [6.45, 7) is 0. The Kier molecular flexibility index (Phi) is 6.39. The van der Waals surface area contributed by atoms with Crippen molar-refractivity contribution < 1.29 is 0 Å². The molecule has 9 rings (SSSR count). The van der Waals surface area contributed by atoms with Gasteiger partial charge in [0.2, 0.25) is 0 Å². The van der Waals surface area contributed by atoms with Crippen molar-refractivity contribution in [3.8, 4) is 44.6 Å². The zero-order chi connectivity index (χ0) is 31.2. The van der Waals surface area contributed by atoms with Crippen LogP contribution in [-0.2, 0) is 5.41 Å². The Balaban J connectivity index is 1.39. The minimum Gasteiger partial charge on any atom is -0.256 e. The molecule has 1 aliphatic carbocycles. The molecular weight excluding hydrogens is 569 g/mol. The largest absolute Gasteiger partial charge is 0.256 e. The summed E-state index contributed by atoms with van der Waals surface area (Å²) in [5.74, 6) is 0. The predicted molar refractivity (Wildman–Crippen MR) is 193 cm³/mol. The molecule has 0 fully saturated rings. The summed E-state index contributed by atoms with van der Waals surface area (Å²) in [7, 11) is 0. The molecule has 47 heavy (non-hydrogen) atoms. The maximum Gasteiger partial charge on any atom is 0.0719 e.